The molecule has 1 N–H and O–H groups in total. The largest absolute Gasteiger partial charge is 0.311 e. The van der Waals surface area contributed by atoms with E-state index in [2.05, 4.69) is 31.0 Å². The number of hydrogen-bond donors (Lipinski definition) is 1. The summed E-state index contributed by atoms with van der Waals surface area (Å²) in [5, 5.41) is 3.93. The maximum Gasteiger partial charge on any atom is 0.00940 e. The minimum absolute atomic E-state index is 0.569. The second-order valence-corrected chi connectivity index (χ2v) is 6.83. The summed E-state index contributed by atoms with van der Waals surface area (Å²) in [7, 11) is 0. The second kappa shape index (κ2) is 5.71. The smallest absolute Gasteiger partial charge is 0.00940 e. The minimum atomic E-state index is 0.569. The average Bonchev–Trinajstić information content (AvgIpc) is 2.29. The zero-order valence-corrected chi connectivity index (χ0v) is 12.0. The fraction of sp³-hybridized carbons (Fsp3) is 1.00. The number of likely N-dealkylation sites (tertiary alicyclic amines) is 1. The molecule has 1 aliphatic carbocycles. The van der Waals surface area contributed by atoms with Gasteiger partial charge in [0, 0.05) is 12.1 Å². The Morgan fingerprint density at radius 1 is 1.12 bits per heavy atom. The van der Waals surface area contributed by atoms with Crippen LogP contribution in [0.15, 0.2) is 0 Å². The summed E-state index contributed by atoms with van der Waals surface area (Å²) < 4.78 is 0. The Kier molecular flexibility index (Phi) is 4.48. The van der Waals surface area contributed by atoms with Crippen LogP contribution in [-0.4, -0.2) is 36.6 Å². The molecule has 100 valence electrons. The molecule has 2 nitrogen and oxygen atoms in total. The molecule has 2 heteroatoms. The molecule has 1 atom stereocenters. The number of nitrogens with one attached hydrogen (secondary N) is 1. The van der Waals surface area contributed by atoms with Crippen LogP contribution in [0.4, 0.5) is 0 Å². The Morgan fingerprint density at radius 3 is 2.41 bits per heavy atom. The van der Waals surface area contributed by atoms with E-state index in [1.165, 1.54) is 58.2 Å². The fourth-order valence-corrected chi connectivity index (χ4v) is 3.59. The Balaban J connectivity index is 1.74. The van der Waals surface area contributed by atoms with Gasteiger partial charge in [-0.05, 0) is 57.2 Å². The first-order valence-electron chi connectivity index (χ1n) is 7.57. The van der Waals surface area contributed by atoms with Crippen molar-refractivity contribution < 1.29 is 0 Å². The Morgan fingerprint density at radius 2 is 1.82 bits per heavy atom. The van der Waals surface area contributed by atoms with E-state index in [-0.39, 0.29) is 0 Å². The average molecular weight is 238 g/mol. The van der Waals surface area contributed by atoms with E-state index in [1.807, 2.05) is 0 Å². The van der Waals surface area contributed by atoms with Gasteiger partial charge < -0.3 is 10.2 Å². The van der Waals surface area contributed by atoms with Gasteiger partial charge in [0.1, 0.15) is 0 Å². The number of rotatable bonds is 3. The normalized spacial score (nSPS) is 31.6. The maximum atomic E-state index is 3.93. The van der Waals surface area contributed by atoms with Gasteiger partial charge in [-0.2, -0.15) is 0 Å². The zero-order chi connectivity index (χ0) is 12.3. The van der Waals surface area contributed by atoms with Crippen molar-refractivity contribution in [2.24, 2.45) is 5.41 Å². The highest BCUT2D eigenvalue weighted by atomic mass is 15.1. The van der Waals surface area contributed by atoms with Crippen LogP contribution in [0.25, 0.3) is 0 Å². The van der Waals surface area contributed by atoms with E-state index in [9.17, 15) is 0 Å². The van der Waals surface area contributed by atoms with Gasteiger partial charge in [0.05, 0.1) is 0 Å². The van der Waals surface area contributed by atoms with Crippen molar-refractivity contribution in [1.82, 2.24) is 10.2 Å². The molecule has 1 saturated carbocycles. The lowest BCUT2D eigenvalue weighted by atomic mass is 9.75. The fourth-order valence-electron chi connectivity index (χ4n) is 3.59. The molecule has 0 spiro atoms. The molecular formula is C15H30N2. The molecule has 0 radical (unpaired) electrons. The SMILES string of the molecule is CCN1CCC(NC2CCCC(C)(C)C2)CC1. The third kappa shape index (κ3) is 3.96. The van der Waals surface area contributed by atoms with Crippen LogP contribution in [0.3, 0.4) is 0 Å². The third-order valence-corrected chi connectivity index (χ3v) is 4.71. The summed E-state index contributed by atoms with van der Waals surface area (Å²) in [6.07, 6.45) is 8.31. The van der Waals surface area contributed by atoms with Crippen LogP contribution in [0.1, 0.15) is 59.3 Å². The van der Waals surface area contributed by atoms with Crippen LogP contribution < -0.4 is 5.32 Å². The molecule has 1 aliphatic heterocycles. The molecular weight excluding hydrogens is 208 g/mol. The van der Waals surface area contributed by atoms with Gasteiger partial charge in [-0.25, -0.2) is 0 Å². The summed E-state index contributed by atoms with van der Waals surface area (Å²) >= 11 is 0. The summed E-state index contributed by atoms with van der Waals surface area (Å²) in [6.45, 7) is 11.0. The molecule has 0 aromatic heterocycles. The minimum Gasteiger partial charge on any atom is -0.311 e. The van der Waals surface area contributed by atoms with Gasteiger partial charge in [0.15, 0.2) is 0 Å². The zero-order valence-electron chi connectivity index (χ0n) is 12.0. The topological polar surface area (TPSA) is 15.3 Å². The van der Waals surface area contributed by atoms with Crippen molar-refractivity contribution >= 4 is 0 Å². The Hall–Kier alpha value is -0.0800. The highest BCUT2D eigenvalue weighted by Crippen LogP contribution is 2.35. The van der Waals surface area contributed by atoms with Gasteiger partial charge in [-0.15, -0.1) is 0 Å². The van der Waals surface area contributed by atoms with E-state index in [0.717, 1.165) is 12.1 Å². The Bertz CT molecular complexity index is 229. The van der Waals surface area contributed by atoms with E-state index in [0.29, 0.717) is 5.41 Å². The van der Waals surface area contributed by atoms with E-state index >= 15 is 0 Å². The first kappa shape index (κ1) is 13.4. The van der Waals surface area contributed by atoms with Crippen molar-refractivity contribution in [1.29, 1.82) is 0 Å². The molecule has 0 bridgehead atoms. The quantitative estimate of drug-likeness (QED) is 0.813. The monoisotopic (exact) mass is 238 g/mol. The van der Waals surface area contributed by atoms with Gasteiger partial charge in [0.25, 0.3) is 0 Å². The number of hydrogen-bond acceptors (Lipinski definition) is 2. The molecule has 1 heterocycles. The molecule has 0 aromatic carbocycles. The standard InChI is InChI=1S/C15H30N2/c1-4-17-10-7-13(8-11-17)16-14-6-5-9-15(2,3)12-14/h13-14,16H,4-12H2,1-3H3. The van der Waals surface area contributed by atoms with Crippen molar-refractivity contribution in [3.05, 3.63) is 0 Å². The molecule has 0 amide bonds. The van der Waals surface area contributed by atoms with Crippen molar-refractivity contribution in [2.75, 3.05) is 19.6 Å². The summed E-state index contributed by atoms with van der Waals surface area (Å²) in [5.74, 6) is 0. The molecule has 17 heavy (non-hydrogen) atoms. The summed E-state index contributed by atoms with van der Waals surface area (Å²) in [6, 6.07) is 1.58. The summed E-state index contributed by atoms with van der Waals surface area (Å²) in [4.78, 5) is 2.57. The second-order valence-electron chi connectivity index (χ2n) is 6.83. The highest BCUT2D eigenvalue weighted by molar-refractivity contribution is 4.87. The van der Waals surface area contributed by atoms with Gasteiger partial charge in [0.2, 0.25) is 0 Å². The summed E-state index contributed by atoms with van der Waals surface area (Å²) in [5.41, 5.74) is 0.569. The van der Waals surface area contributed by atoms with Gasteiger partial charge in [-0.3, -0.25) is 0 Å². The molecule has 1 unspecified atom stereocenters. The molecule has 1 saturated heterocycles. The molecule has 2 rings (SSSR count). The van der Waals surface area contributed by atoms with Crippen LogP contribution >= 0.6 is 0 Å². The van der Waals surface area contributed by atoms with Crippen LogP contribution in [0, 0.1) is 5.41 Å². The number of nitrogens with zero attached hydrogens (tertiary/aromatic N) is 1. The first-order chi connectivity index (χ1) is 8.09. The van der Waals surface area contributed by atoms with Crippen LogP contribution in [0.5, 0.6) is 0 Å². The lowest BCUT2D eigenvalue weighted by Gasteiger charge is -2.39. The van der Waals surface area contributed by atoms with E-state index in [4.69, 9.17) is 0 Å². The van der Waals surface area contributed by atoms with Crippen molar-refractivity contribution in [2.45, 2.75) is 71.4 Å². The molecule has 2 aliphatic rings. The van der Waals surface area contributed by atoms with Crippen molar-refractivity contribution in [3.8, 4) is 0 Å². The predicted octanol–water partition coefficient (Wildman–Crippen LogP) is 3.03. The lowest BCUT2D eigenvalue weighted by molar-refractivity contribution is 0.157. The van der Waals surface area contributed by atoms with Gasteiger partial charge >= 0.3 is 0 Å². The lowest BCUT2D eigenvalue weighted by Crippen LogP contribution is -2.48. The maximum absolute atomic E-state index is 3.93. The van der Waals surface area contributed by atoms with Gasteiger partial charge in [-0.1, -0.05) is 27.2 Å². The molecule has 2 fully saturated rings. The predicted molar refractivity (Wildman–Crippen MR) is 74.3 cm³/mol. The van der Waals surface area contributed by atoms with Crippen molar-refractivity contribution in [3.63, 3.8) is 0 Å². The van der Waals surface area contributed by atoms with Crippen LogP contribution in [-0.2, 0) is 0 Å². The number of piperidine rings is 1. The first-order valence-corrected chi connectivity index (χ1v) is 7.57. The third-order valence-electron chi connectivity index (χ3n) is 4.71. The van der Waals surface area contributed by atoms with E-state index < -0.39 is 0 Å². The van der Waals surface area contributed by atoms with Crippen LogP contribution in [0.2, 0.25) is 0 Å². The Labute approximate surface area is 107 Å². The van der Waals surface area contributed by atoms with E-state index in [1.54, 1.807) is 0 Å². The highest BCUT2D eigenvalue weighted by Gasteiger charge is 2.29. The molecule has 0 aromatic rings.